The Morgan fingerprint density at radius 3 is 1.71 bits per heavy atom. The van der Waals surface area contributed by atoms with Gasteiger partial charge in [0, 0.05) is 0 Å². The highest BCUT2D eigenvalue weighted by molar-refractivity contribution is 4.61. The normalized spacial score (nSPS) is 11.1. The molecule has 7 heavy (non-hydrogen) atoms. The summed E-state index contributed by atoms with van der Waals surface area (Å²) in [6.45, 7) is 7.96. The van der Waals surface area contributed by atoms with Gasteiger partial charge in [-0.1, -0.05) is 0 Å². The molecule has 0 rings (SSSR count). The zero-order chi connectivity index (χ0) is 5.86. The molecule has 0 aromatic carbocycles. The molecule has 0 N–H and O–H groups in total. The Balaban J connectivity index is 2.95. The Bertz CT molecular complexity index is 33.4. The summed E-state index contributed by atoms with van der Waals surface area (Å²) in [7, 11) is 0. The van der Waals surface area contributed by atoms with E-state index < -0.39 is 0 Å². The first kappa shape index (κ1) is 6.96. The highest BCUT2D eigenvalue weighted by Crippen LogP contribution is 2.01. The van der Waals surface area contributed by atoms with Crippen LogP contribution in [0.1, 0.15) is 27.7 Å². The van der Waals surface area contributed by atoms with Crippen molar-refractivity contribution >= 4 is 0 Å². The van der Waals surface area contributed by atoms with Gasteiger partial charge in [-0.25, -0.2) is 0 Å². The topological polar surface area (TPSA) is 9.23 Å². The van der Waals surface area contributed by atoms with Crippen LogP contribution in [0.3, 0.4) is 0 Å². The van der Waals surface area contributed by atoms with Crippen molar-refractivity contribution in [3.63, 3.8) is 0 Å². The highest BCUT2D eigenvalue weighted by Gasteiger charge is 1.95. The number of rotatable bonds is 2. The lowest BCUT2D eigenvalue weighted by atomic mass is 10.4. The molecule has 0 heterocycles. The molecule has 1 nitrogen and oxygen atoms in total. The zero-order valence-corrected chi connectivity index (χ0v) is 5.49. The second kappa shape index (κ2) is 3.03. The first-order valence-corrected chi connectivity index (χ1v) is 2.59. The van der Waals surface area contributed by atoms with Gasteiger partial charge in [-0.3, -0.25) is 0 Å². The van der Waals surface area contributed by atoms with Gasteiger partial charge in [-0.15, -0.1) is 0 Å². The molecule has 0 spiro atoms. The van der Waals surface area contributed by atoms with E-state index in [1.165, 1.54) is 0 Å². The third-order valence-corrected chi connectivity index (χ3v) is 0.471. The summed E-state index contributed by atoms with van der Waals surface area (Å²) in [5, 5.41) is 0. The fourth-order valence-electron chi connectivity index (χ4n) is 0.471. The minimum atomic E-state index is 0.338. The average molecular weight is 101 g/mol. The van der Waals surface area contributed by atoms with Crippen molar-refractivity contribution in [1.82, 2.24) is 0 Å². The predicted octanol–water partition coefficient (Wildman–Crippen LogP) is 1.98. The lowest BCUT2D eigenvalue weighted by molar-refractivity contribution is 0.0989. The minimum Gasteiger partial charge on any atom is -0.370 e. The van der Waals surface area contributed by atoms with Crippen molar-refractivity contribution < 1.29 is 4.74 Å². The average Bonchev–Trinajstić information content (AvgIpc) is 1.27. The van der Waals surface area contributed by atoms with Crippen molar-refractivity contribution in [2.45, 2.75) is 33.8 Å². The maximum atomic E-state index is 5.17. The Kier molecular flexibility index (Phi) is 3.01. The monoisotopic (exact) mass is 101 g/mol. The van der Waals surface area contributed by atoms with Crippen LogP contribution < -0.4 is 0 Å². The fourth-order valence-corrected chi connectivity index (χ4v) is 0.471. The van der Waals surface area contributed by atoms with E-state index >= 15 is 0 Å². The van der Waals surface area contributed by atoms with Gasteiger partial charge in [0.2, 0.25) is 0 Å². The van der Waals surface area contributed by atoms with Crippen molar-refractivity contribution in [3.8, 4) is 0 Å². The van der Waals surface area contributed by atoms with Crippen LogP contribution in [0.5, 0.6) is 0 Å². The van der Waals surface area contributed by atoms with Gasteiger partial charge >= 0.3 is 0 Å². The lowest BCUT2D eigenvalue weighted by Gasteiger charge is -2.08. The van der Waals surface area contributed by atoms with E-state index in [2.05, 4.69) is 0 Å². The van der Waals surface area contributed by atoms with Crippen LogP contribution in [-0.4, -0.2) is 6.10 Å². The van der Waals surface area contributed by atoms with Crippen LogP contribution in [0.2, 0.25) is 0 Å². The molecule has 0 saturated heterocycles. The van der Waals surface area contributed by atoms with E-state index in [9.17, 15) is 0 Å². The maximum Gasteiger partial charge on any atom is 0.0913 e. The third-order valence-electron chi connectivity index (χ3n) is 0.471. The summed E-state index contributed by atoms with van der Waals surface area (Å²) in [6, 6.07) is 0. The van der Waals surface area contributed by atoms with Gasteiger partial charge < -0.3 is 4.74 Å². The highest BCUT2D eigenvalue weighted by atomic mass is 16.5. The summed E-state index contributed by atoms with van der Waals surface area (Å²) in [4.78, 5) is 0. The van der Waals surface area contributed by atoms with E-state index in [0.29, 0.717) is 6.10 Å². The quantitative estimate of drug-likeness (QED) is 0.516. The van der Waals surface area contributed by atoms with Gasteiger partial charge in [0.15, 0.2) is 0 Å². The van der Waals surface area contributed by atoms with Crippen LogP contribution in [0, 0.1) is 6.10 Å². The molecule has 1 heteroatoms. The minimum absolute atomic E-state index is 0.338. The molecule has 0 aliphatic rings. The van der Waals surface area contributed by atoms with Crippen molar-refractivity contribution in [1.29, 1.82) is 0 Å². The molecule has 0 unspecified atom stereocenters. The van der Waals surface area contributed by atoms with Gasteiger partial charge in [0.05, 0.1) is 12.2 Å². The molecule has 0 aliphatic carbocycles. The largest absolute Gasteiger partial charge is 0.370 e. The summed E-state index contributed by atoms with van der Waals surface area (Å²) in [5.74, 6) is 0. The molecule has 0 bridgehead atoms. The standard InChI is InChI=1S/C6H13O/c1-5(2)7-6(3)4/h5H,1-4H3. The number of hydrogen-bond donors (Lipinski definition) is 0. The van der Waals surface area contributed by atoms with Crippen molar-refractivity contribution in [2.24, 2.45) is 0 Å². The number of ether oxygens (including phenoxy) is 1. The van der Waals surface area contributed by atoms with E-state index in [-0.39, 0.29) is 0 Å². The van der Waals surface area contributed by atoms with Crippen LogP contribution in [0.15, 0.2) is 0 Å². The predicted molar refractivity (Wildman–Crippen MR) is 30.8 cm³/mol. The Labute approximate surface area is 45.7 Å². The zero-order valence-electron chi connectivity index (χ0n) is 5.49. The van der Waals surface area contributed by atoms with E-state index in [1.807, 2.05) is 27.7 Å². The van der Waals surface area contributed by atoms with Crippen molar-refractivity contribution in [2.75, 3.05) is 0 Å². The van der Waals surface area contributed by atoms with Crippen LogP contribution >= 0.6 is 0 Å². The molecular formula is C6H13O. The summed E-state index contributed by atoms with van der Waals surface area (Å²) < 4.78 is 5.17. The number of hydrogen-bond acceptors (Lipinski definition) is 1. The van der Waals surface area contributed by atoms with E-state index in [0.717, 1.165) is 6.10 Å². The first-order chi connectivity index (χ1) is 3.13. The summed E-state index contributed by atoms with van der Waals surface area (Å²) >= 11 is 0. The van der Waals surface area contributed by atoms with E-state index in [4.69, 9.17) is 4.74 Å². The molecule has 1 radical (unpaired) electrons. The molecule has 0 aromatic heterocycles. The SMILES string of the molecule is C[C](C)OC(C)C. The molecule has 0 saturated carbocycles. The molecule has 0 amide bonds. The second-order valence-corrected chi connectivity index (χ2v) is 2.07. The first-order valence-electron chi connectivity index (χ1n) is 2.59. The van der Waals surface area contributed by atoms with Crippen LogP contribution in [-0.2, 0) is 4.74 Å². The lowest BCUT2D eigenvalue weighted by Crippen LogP contribution is -2.02. The maximum absolute atomic E-state index is 5.17. The Hall–Kier alpha value is -0.0400. The third kappa shape index (κ3) is 5.96. The van der Waals surface area contributed by atoms with Gasteiger partial charge in [0.1, 0.15) is 0 Å². The summed E-state index contributed by atoms with van der Waals surface area (Å²) in [5.41, 5.74) is 0. The van der Waals surface area contributed by atoms with Gasteiger partial charge in [0.25, 0.3) is 0 Å². The Morgan fingerprint density at radius 1 is 1.29 bits per heavy atom. The van der Waals surface area contributed by atoms with Crippen molar-refractivity contribution in [3.05, 3.63) is 6.10 Å². The Morgan fingerprint density at radius 2 is 1.71 bits per heavy atom. The smallest absolute Gasteiger partial charge is 0.0913 e. The molecule has 0 aliphatic heterocycles. The van der Waals surface area contributed by atoms with Gasteiger partial charge in [-0.2, -0.15) is 0 Å². The molecule has 0 fully saturated rings. The molecule has 43 valence electrons. The molecule has 0 atom stereocenters. The molecule has 0 aromatic rings. The van der Waals surface area contributed by atoms with E-state index in [1.54, 1.807) is 0 Å². The van der Waals surface area contributed by atoms with Gasteiger partial charge in [-0.05, 0) is 27.7 Å². The summed E-state index contributed by atoms with van der Waals surface area (Å²) in [6.07, 6.45) is 1.38. The fraction of sp³-hybridized carbons (Fsp3) is 0.833. The van der Waals surface area contributed by atoms with Crippen LogP contribution in [0.4, 0.5) is 0 Å². The van der Waals surface area contributed by atoms with Crippen LogP contribution in [0.25, 0.3) is 0 Å². The molecular weight excluding hydrogens is 88.1 g/mol. The second-order valence-electron chi connectivity index (χ2n) is 2.07.